The van der Waals surface area contributed by atoms with Gasteiger partial charge in [0.15, 0.2) is 11.6 Å². The zero-order valence-corrected chi connectivity index (χ0v) is 17.9. The highest BCUT2D eigenvalue weighted by atomic mass is 19.2. The van der Waals surface area contributed by atoms with Crippen LogP contribution in [0.4, 0.5) is 14.5 Å². The van der Waals surface area contributed by atoms with E-state index in [9.17, 15) is 28.0 Å². The topological polar surface area (TPSA) is 125 Å². The average Bonchev–Trinajstić information content (AvgIpc) is 3.12. The van der Waals surface area contributed by atoms with Gasteiger partial charge in [-0.3, -0.25) is 19.7 Å². The second-order valence-corrected chi connectivity index (χ2v) is 7.53. The van der Waals surface area contributed by atoms with Crippen LogP contribution in [-0.4, -0.2) is 28.8 Å². The highest BCUT2D eigenvalue weighted by Crippen LogP contribution is 2.28. The first kappa shape index (κ1) is 23.3. The molecule has 3 aromatic carbocycles. The number of carboxylic acids is 1. The highest BCUT2D eigenvalue weighted by molar-refractivity contribution is 6.36. The van der Waals surface area contributed by atoms with Crippen molar-refractivity contribution in [1.29, 1.82) is 0 Å². The van der Waals surface area contributed by atoms with Gasteiger partial charge in [0.05, 0.1) is 11.1 Å². The van der Waals surface area contributed by atoms with Crippen molar-refractivity contribution in [3.05, 3.63) is 106 Å². The molecule has 0 spiro atoms. The Morgan fingerprint density at radius 1 is 0.886 bits per heavy atom. The Hall–Kier alpha value is -4.86. The zero-order valence-electron chi connectivity index (χ0n) is 17.9. The van der Waals surface area contributed by atoms with Gasteiger partial charge in [-0.25, -0.2) is 13.6 Å². The van der Waals surface area contributed by atoms with Crippen LogP contribution in [0.2, 0.25) is 0 Å². The molecule has 0 aromatic heterocycles. The quantitative estimate of drug-likeness (QED) is 0.388. The molecule has 0 fully saturated rings. The third-order valence-electron chi connectivity index (χ3n) is 5.17. The fourth-order valence-electron chi connectivity index (χ4n) is 3.51. The van der Waals surface area contributed by atoms with Gasteiger partial charge in [-0.2, -0.15) is 0 Å². The van der Waals surface area contributed by atoms with E-state index in [1.807, 2.05) is 0 Å². The number of aromatic carboxylic acids is 1. The minimum Gasteiger partial charge on any atom is -0.478 e. The summed E-state index contributed by atoms with van der Waals surface area (Å²) in [6.07, 6.45) is 0. The van der Waals surface area contributed by atoms with Gasteiger partial charge in [0.1, 0.15) is 5.70 Å². The van der Waals surface area contributed by atoms with Crippen molar-refractivity contribution >= 4 is 35.0 Å². The number of halogens is 2. The molecular weight excluding hydrogens is 460 g/mol. The van der Waals surface area contributed by atoms with Crippen LogP contribution in [0.25, 0.3) is 5.57 Å². The summed E-state index contributed by atoms with van der Waals surface area (Å²) in [5.74, 6) is -5.72. The molecule has 4 rings (SSSR count). The average molecular weight is 477 g/mol. The predicted molar refractivity (Wildman–Crippen MR) is 121 cm³/mol. The van der Waals surface area contributed by atoms with Crippen molar-refractivity contribution in [2.24, 2.45) is 0 Å². The van der Waals surface area contributed by atoms with Gasteiger partial charge < -0.3 is 15.7 Å². The first-order valence-electron chi connectivity index (χ1n) is 10.3. The van der Waals surface area contributed by atoms with Crippen LogP contribution in [0, 0.1) is 11.6 Å². The lowest BCUT2D eigenvalue weighted by Crippen LogP contribution is -2.24. The maximum absolute atomic E-state index is 14.3. The number of nitrogens with one attached hydrogen (secondary N) is 3. The lowest BCUT2D eigenvalue weighted by molar-refractivity contribution is -0.123. The molecule has 0 aliphatic carbocycles. The third kappa shape index (κ3) is 4.91. The largest absolute Gasteiger partial charge is 0.478 e. The van der Waals surface area contributed by atoms with Crippen LogP contribution >= 0.6 is 0 Å². The molecule has 1 aliphatic heterocycles. The Labute approximate surface area is 197 Å². The van der Waals surface area contributed by atoms with E-state index in [0.29, 0.717) is 11.3 Å². The van der Waals surface area contributed by atoms with Gasteiger partial charge in [-0.15, -0.1) is 0 Å². The molecule has 1 heterocycles. The van der Waals surface area contributed by atoms with Crippen molar-refractivity contribution in [1.82, 2.24) is 10.6 Å². The molecule has 10 heteroatoms. The van der Waals surface area contributed by atoms with Gasteiger partial charge in [0.25, 0.3) is 17.7 Å². The van der Waals surface area contributed by atoms with E-state index in [1.54, 1.807) is 24.3 Å². The van der Waals surface area contributed by atoms with E-state index >= 15 is 0 Å². The summed E-state index contributed by atoms with van der Waals surface area (Å²) in [5, 5.41) is 16.6. The number of hydrogen-bond acceptors (Lipinski definition) is 5. The summed E-state index contributed by atoms with van der Waals surface area (Å²) in [4.78, 5) is 48.1. The monoisotopic (exact) mass is 477 g/mol. The number of rotatable bonds is 7. The SMILES string of the molecule is O=C1NC(=O)C(c2cccc(F)c2F)=C1Nc1cccc(CNC(=O)c2cccc(C(=O)O)c2)c1. The molecule has 0 bridgehead atoms. The molecule has 0 saturated carbocycles. The molecule has 3 amide bonds. The van der Waals surface area contributed by atoms with Crippen LogP contribution in [-0.2, 0) is 16.1 Å². The summed E-state index contributed by atoms with van der Waals surface area (Å²) in [5.41, 5.74) is 0.192. The second-order valence-electron chi connectivity index (χ2n) is 7.53. The van der Waals surface area contributed by atoms with E-state index in [0.717, 1.165) is 6.07 Å². The Balaban J connectivity index is 1.54. The Morgan fingerprint density at radius 2 is 1.60 bits per heavy atom. The summed E-state index contributed by atoms with van der Waals surface area (Å²) in [6.45, 7) is 0.0706. The normalized spacial score (nSPS) is 13.0. The summed E-state index contributed by atoms with van der Waals surface area (Å²) in [6, 6.07) is 15.4. The van der Waals surface area contributed by atoms with Crippen LogP contribution in [0.1, 0.15) is 31.8 Å². The molecular formula is C25H17F2N3O5. The first-order valence-corrected chi connectivity index (χ1v) is 10.3. The van der Waals surface area contributed by atoms with E-state index < -0.39 is 35.3 Å². The van der Waals surface area contributed by atoms with E-state index in [4.69, 9.17) is 5.11 Å². The Bertz CT molecular complexity index is 1420. The number of hydrogen-bond donors (Lipinski definition) is 4. The van der Waals surface area contributed by atoms with Crippen molar-refractivity contribution < 1.29 is 33.1 Å². The lowest BCUT2D eigenvalue weighted by atomic mass is 10.0. The first-order chi connectivity index (χ1) is 16.7. The van der Waals surface area contributed by atoms with Gasteiger partial charge in [-0.1, -0.05) is 30.3 Å². The molecule has 8 nitrogen and oxygen atoms in total. The molecule has 1 aliphatic rings. The van der Waals surface area contributed by atoms with Crippen LogP contribution in [0.15, 0.2) is 72.4 Å². The predicted octanol–water partition coefficient (Wildman–Crippen LogP) is 3.07. The second kappa shape index (κ2) is 9.56. The van der Waals surface area contributed by atoms with Crippen LogP contribution in [0.5, 0.6) is 0 Å². The van der Waals surface area contributed by atoms with Gasteiger partial charge in [-0.05, 0) is 42.0 Å². The van der Waals surface area contributed by atoms with Crippen molar-refractivity contribution in [3.63, 3.8) is 0 Å². The van der Waals surface area contributed by atoms with Crippen molar-refractivity contribution in [3.8, 4) is 0 Å². The van der Waals surface area contributed by atoms with E-state index in [-0.39, 0.29) is 34.5 Å². The molecule has 4 N–H and O–H groups in total. The Kier molecular flexibility index (Phi) is 6.36. The number of imide groups is 1. The van der Waals surface area contributed by atoms with Gasteiger partial charge in [0, 0.05) is 23.4 Å². The maximum Gasteiger partial charge on any atom is 0.335 e. The van der Waals surface area contributed by atoms with E-state index in [1.165, 1.54) is 36.4 Å². The molecule has 176 valence electrons. The van der Waals surface area contributed by atoms with E-state index in [2.05, 4.69) is 16.0 Å². The van der Waals surface area contributed by atoms with Gasteiger partial charge >= 0.3 is 5.97 Å². The number of benzene rings is 3. The zero-order chi connectivity index (χ0) is 25.1. The van der Waals surface area contributed by atoms with Crippen LogP contribution < -0.4 is 16.0 Å². The minimum absolute atomic E-state index is 0.0213. The fourth-order valence-corrected chi connectivity index (χ4v) is 3.51. The third-order valence-corrected chi connectivity index (χ3v) is 5.17. The standard InChI is InChI=1S/C25H17F2N3O5/c26-18-9-3-8-17(20(18)27)19-21(24(33)30-23(19)32)29-16-7-1-4-13(10-16)12-28-22(31)14-5-2-6-15(11-14)25(34)35/h1-11H,12H2,(H,28,31)(H,34,35)(H2,29,30,32,33). The number of carbonyl (C=O) groups is 4. The van der Waals surface area contributed by atoms with Gasteiger partial charge in [0.2, 0.25) is 0 Å². The van der Waals surface area contributed by atoms with Crippen LogP contribution in [0.3, 0.4) is 0 Å². The molecule has 0 radical (unpaired) electrons. The van der Waals surface area contributed by atoms with Crippen molar-refractivity contribution in [2.75, 3.05) is 5.32 Å². The number of carbonyl (C=O) groups excluding carboxylic acids is 3. The lowest BCUT2D eigenvalue weighted by Gasteiger charge is -2.11. The number of carboxylic acid groups (broad SMARTS) is 1. The van der Waals surface area contributed by atoms with Crippen molar-refractivity contribution in [2.45, 2.75) is 6.54 Å². The molecule has 3 aromatic rings. The summed E-state index contributed by atoms with van der Waals surface area (Å²) >= 11 is 0. The summed E-state index contributed by atoms with van der Waals surface area (Å²) in [7, 11) is 0. The summed E-state index contributed by atoms with van der Waals surface area (Å²) < 4.78 is 28.0. The fraction of sp³-hybridized carbons (Fsp3) is 0.0400. The minimum atomic E-state index is -1.25. The molecule has 0 atom stereocenters. The number of amides is 3. The highest BCUT2D eigenvalue weighted by Gasteiger charge is 2.33. The molecule has 35 heavy (non-hydrogen) atoms. The molecule has 0 unspecified atom stereocenters. The Morgan fingerprint density at radius 3 is 2.37 bits per heavy atom. The maximum atomic E-state index is 14.3. The number of anilines is 1. The molecule has 0 saturated heterocycles. The smallest absolute Gasteiger partial charge is 0.335 e.